The van der Waals surface area contributed by atoms with Crippen LogP contribution >= 0.6 is 0 Å². The number of nitrogens with zero attached hydrogens (tertiary/aromatic N) is 2. The number of hydrogen-bond donors (Lipinski definition) is 0. The van der Waals surface area contributed by atoms with E-state index in [2.05, 4.69) is 149 Å². The topological polar surface area (TPSA) is 21.3 Å². The van der Waals surface area contributed by atoms with Gasteiger partial charge < -0.3 is 13.9 Å². The number of benzene rings is 9. The molecule has 268 valence electrons. The fourth-order valence-corrected chi connectivity index (χ4v) is 8.20. The monoisotopic (exact) mass is 733 g/mol. The first-order valence-electron chi connectivity index (χ1n) is 21.5. The Morgan fingerprint density at radius 3 is 1.77 bits per heavy atom. The number of rotatable bonds is 7. The molecule has 0 unspecified atom stereocenters. The standard InChI is InChI=1S/C54H36N2O/c1-4-13-37(14-5-1)38-23-28-43(29-24-38)55(45-32-33-48-47-19-10-11-22-51(47)56(52(48)36-45)42-17-8-3-9-18-42)44-30-25-39(26-31-44)41-27-34-53-50(35-41)49-21-12-20-46(54(49)57-53)40-15-6-2-7-16-40/h1-36H/i1D,4D,5D,13D,14D. The van der Waals surface area contributed by atoms with Crippen LogP contribution in [-0.4, -0.2) is 4.57 Å². The molecule has 0 aliphatic carbocycles. The molecule has 0 fully saturated rings. The average molecular weight is 734 g/mol. The number of furan rings is 1. The summed E-state index contributed by atoms with van der Waals surface area (Å²) < 4.78 is 50.6. The molecule has 0 aliphatic rings. The van der Waals surface area contributed by atoms with Gasteiger partial charge in [-0.05, 0) is 94.5 Å². The van der Waals surface area contributed by atoms with Crippen molar-refractivity contribution in [3.8, 4) is 39.1 Å². The summed E-state index contributed by atoms with van der Waals surface area (Å²) in [5.41, 5.74) is 12.7. The van der Waals surface area contributed by atoms with Crippen LogP contribution < -0.4 is 4.90 Å². The Kier molecular flexibility index (Phi) is 6.65. The van der Waals surface area contributed by atoms with Crippen molar-refractivity contribution in [2.45, 2.75) is 0 Å². The first-order valence-corrected chi connectivity index (χ1v) is 19.0. The summed E-state index contributed by atoms with van der Waals surface area (Å²) >= 11 is 0. The van der Waals surface area contributed by atoms with Gasteiger partial charge in [0, 0.05) is 49.9 Å². The SMILES string of the molecule is [2H]c1c([2H])c([2H])c(-c2ccc(N(c3ccc(-c4ccc5oc6c(-c7ccccc7)cccc6c5c4)cc3)c3ccc4c5ccccc5n(-c5ccccc5)c4c3)cc2)c([2H])c1[2H]. The number of para-hydroxylation sites is 3. The molecule has 11 aromatic rings. The van der Waals surface area contributed by atoms with Crippen molar-refractivity contribution in [3.63, 3.8) is 0 Å². The van der Waals surface area contributed by atoms with Gasteiger partial charge in [0.1, 0.15) is 11.2 Å². The lowest BCUT2D eigenvalue weighted by atomic mass is 10.00. The third kappa shape index (κ3) is 5.68. The second-order valence-corrected chi connectivity index (χ2v) is 14.2. The molecule has 0 radical (unpaired) electrons. The van der Waals surface area contributed by atoms with Gasteiger partial charge in [0.05, 0.1) is 17.9 Å². The Labute approximate surface area is 337 Å². The molecule has 0 saturated heterocycles. The summed E-state index contributed by atoms with van der Waals surface area (Å²) in [6.07, 6.45) is 0. The minimum Gasteiger partial charge on any atom is -0.455 e. The lowest BCUT2D eigenvalue weighted by Crippen LogP contribution is -2.10. The number of hydrogen-bond acceptors (Lipinski definition) is 2. The van der Waals surface area contributed by atoms with Gasteiger partial charge in [-0.2, -0.15) is 0 Å². The van der Waals surface area contributed by atoms with E-state index in [4.69, 9.17) is 11.3 Å². The predicted octanol–water partition coefficient (Wildman–Crippen LogP) is 15.2. The molecule has 57 heavy (non-hydrogen) atoms. The zero-order valence-electron chi connectivity index (χ0n) is 35.7. The molecule has 0 N–H and O–H groups in total. The van der Waals surface area contributed by atoms with Gasteiger partial charge in [0.2, 0.25) is 0 Å². The Hall–Kier alpha value is -7.62. The maximum Gasteiger partial charge on any atom is 0.143 e. The van der Waals surface area contributed by atoms with E-state index in [0.717, 1.165) is 88.7 Å². The highest BCUT2D eigenvalue weighted by atomic mass is 16.3. The smallest absolute Gasteiger partial charge is 0.143 e. The Balaban J connectivity index is 1.04. The summed E-state index contributed by atoms with van der Waals surface area (Å²) in [6.45, 7) is 0. The Morgan fingerprint density at radius 1 is 0.404 bits per heavy atom. The summed E-state index contributed by atoms with van der Waals surface area (Å²) in [7, 11) is 0. The third-order valence-electron chi connectivity index (χ3n) is 10.9. The third-order valence-corrected chi connectivity index (χ3v) is 10.9. The van der Waals surface area contributed by atoms with E-state index in [0.29, 0.717) is 5.56 Å². The largest absolute Gasteiger partial charge is 0.455 e. The zero-order valence-corrected chi connectivity index (χ0v) is 30.7. The molecular formula is C54H36N2O. The summed E-state index contributed by atoms with van der Waals surface area (Å²) in [6, 6.07) is 62.9. The second kappa shape index (κ2) is 13.6. The molecule has 0 amide bonds. The van der Waals surface area contributed by atoms with Gasteiger partial charge in [-0.1, -0.05) is 152 Å². The average Bonchev–Trinajstić information content (AvgIpc) is 3.87. The van der Waals surface area contributed by atoms with Crippen molar-refractivity contribution in [1.82, 2.24) is 4.57 Å². The lowest BCUT2D eigenvalue weighted by Gasteiger charge is -2.26. The molecule has 0 bridgehead atoms. The van der Waals surface area contributed by atoms with Crippen molar-refractivity contribution in [2.24, 2.45) is 0 Å². The normalized spacial score (nSPS) is 12.7. The predicted molar refractivity (Wildman–Crippen MR) is 239 cm³/mol. The van der Waals surface area contributed by atoms with Crippen LogP contribution in [0.4, 0.5) is 17.1 Å². The minimum absolute atomic E-state index is 0.172. The van der Waals surface area contributed by atoms with Gasteiger partial charge in [0.15, 0.2) is 0 Å². The molecule has 11 rings (SSSR count). The highest BCUT2D eigenvalue weighted by Crippen LogP contribution is 2.42. The van der Waals surface area contributed by atoms with E-state index < -0.39 is 6.04 Å². The maximum absolute atomic E-state index is 8.61. The fraction of sp³-hybridized carbons (Fsp3) is 0. The van der Waals surface area contributed by atoms with E-state index in [1.54, 1.807) is 0 Å². The van der Waals surface area contributed by atoms with E-state index in [1.807, 2.05) is 48.5 Å². The molecule has 0 aliphatic heterocycles. The first kappa shape index (κ1) is 27.9. The molecular weight excluding hydrogens is 693 g/mol. The molecule has 0 atom stereocenters. The van der Waals surface area contributed by atoms with Crippen molar-refractivity contribution >= 4 is 60.8 Å². The lowest BCUT2D eigenvalue weighted by molar-refractivity contribution is 0.670. The number of fused-ring (bicyclic) bond motifs is 6. The number of anilines is 3. The maximum atomic E-state index is 8.61. The van der Waals surface area contributed by atoms with Crippen LogP contribution in [0, 0.1) is 0 Å². The summed E-state index contributed by atoms with van der Waals surface area (Å²) in [5, 5.41) is 4.43. The van der Waals surface area contributed by atoms with E-state index in [-0.39, 0.29) is 29.7 Å². The van der Waals surface area contributed by atoms with Crippen molar-refractivity contribution in [2.75, 3.05) is 4.90 Å². The molecule has 0 saturated carbocycles. The molecule has 3 heteroatoms. The van der Waals surface area contributed by atoms with E-state index in [9.17, 15) is 0 Å². The van der Waals surface area contributed by atoms with E-state index in [1.165, 1.54) is 0 Å². The quantitative estimate of drug-likeness (QED) is 0.163. The highest BCUT2D eigenvalue weighted by Gasteiger charge is 2.19. The van der Waals surface area contributed by atoms with Crippen LogP contribution in [0.2, 0.25) is 0 Å². The van der Waals surface area contributed by atoms with Gasteiger partial charge in [-0.25, -0.2) is 0 Å². The van der Waals surface area contributed by atoms with Crippen LogP contribution in [0.25, 0.3) is 82.8 Å². The van der Waals surface area contributed by atoms with Gasteiger partial charge in [-0.3, -0.25) is 0 Å². The van der Waals surface area contributed by atoms with Crippen molar-refractivity contribution < 1.29 is 11.3 Å². The minimum atomic E-state index is -0.409. The van der Waals surface area contributed by atoms with Gasteiger partial charge in [0.25, 0.3) is 0 Å². The fourth-order valence-electron chi connectivity index (χ4n) is 8.20. The molecule has 3 nitrogen and oxygen atoms in total. The number of aromatic nitrogens is 1. The van der Waals surface area contributed by atoms with Crippen LogP contribution in [0.3, 0.4) is 0 Å². The molecule has 9 aromatic carbocycles. The highest BCUT2D eigenvalue weighted by molar-refractivity contribution is 6.11. The van der Waals surface area contributed by atoms with Crippen molar-refractivity contribution in [3.05, 3.63) is 218 Å². The summed E-state index contributed by atoms with van der Waals surface area (Å²) in [4.78, 5) is 2.19. The van der Waals surface area contributed by atoms with Gasteiger partial charge in [-0.15, -0.1) is 0 Å². The Bertz CT molecular complexity index is 3480. The molecule has 0 spiro atoms. The van der Waals surface area contributed by atoms with Crippen molar-refractivity contribution in [1.29, 1.82) is 0 Å². The van der Waals surface area contributed by atoms with E-state index >= 15 is 0 Å². The Morgan fingerprint density at radius 2 is 1.02 bits per heavy atom. The first-order chi connectivity index (χ1) is 30.3. The van der Waals surface area contributed by atoms with Gasteiger partial charge >= 0.3 is 0 Å². The molecule has 2 heterocycles. The second-order valence-electron chi connectivity index (χ2n) is 14.2. The van der Waals surface area contributed by atoms with Crippen LogP contribution in [0.5, 0.6) is 0 Å². The van der Waals surface area contributed by atoms with Crippen LogP contribution in [0.15, 0.2) is 223 Å². The van der Waals surface area contributed by atoms with Crippen LogP contribution in [0.1, 0.15) is 6.85 Å². The zero-order chi connectivity index (χ0) is 42.1. The summed E-state index contributed by atoms with van der Waals surface area (Å²) in [5.74, 6) is 0. The van der Waals surface area contributed by atoms with Crippen LogP contribution in [-0.2, 0) is 0 Å². The molecule has 2 aromatic heterocycles.